The number of hydrogen-bond donors (Lipinski definition) is 0. The molecule has 0 N–H and O–H groups in total. The third kappa shape index (κ3) is 2.88. The molecule has 2 heterocycles. The van der Waals surface area contributed by atoms with Crippen molar-refractivity contribution in [3.63, 3.8) is 0 Å². The molecule has 0 aliphatic carbocycles. The van der Waals surface area contributed by atoms with E-state index in [1.54, 1.807) is 46.3 Å². The predicted molar refractivity (Wildman–Crippen MR) is 107 cm³/mol. The zero-order valence-corrected chi connectivity index (χ0v) is 15.7. The first-order chi connectivity index (χ1) is 12.6. The lowest BCUT2D eigenvalue weighted by Gasteiger charge is -2.13. The highest BCUT2D eigenvalue weighted by Crippen LogP contribution is 2.21. The highest BCUT2D eigenvalue weighted by atomic mass is 35.5. The Morgan fingerprint density at radius 2 is 1.65 bits per heavy atom. The summed E-state index contributed by atoms with van der Waals surface area (Å²) >= 11 is 13.5. The first-order valence-corrected chi connectivity index (χ1v) is 9.42. The number of thiophene rings is 1. The molecule has 0 spiro atoms. The van der Waals surface area contributed by atoms with Crippen molar-refractivity contribution >= 4 is 44.8 Å². The van der Waals surface area contributed by atoms with Gasteiger partial charge in [0.25, 0.3) is 5.56 Å². The fourth-order valence-corrected chi connectivity index (χ4v) is 4.00. The SMILES string of the molecule is O=c1c2sccc2n(Cc2ccccc2Cl)c(=O)n1-c1ccc(Cl)cc1. The van der Waals surface area contributed by atoms with Crippen LogP contribution in [0.25, 0.3) is 15.9 Å². The van der Waals surface area contributed by atoms with Crippen LogP contribution < -0.4 is 11.2 Å². The van der Waals surface area contributed by atoms with Gasteiger partial charge in [-0.2, -0.15) is 0 Å². The van der Waals surface area contributed by atoms with Crippen LogP contribution in [-0.2, 0) is 6.54 Å². The minimum atomic E-state index is -0.414. The highest BCUT2D eigenvalue weighted by Gasteiger charge is 2.16. The van der Waals surface area contributed by atoms with Crippen LogP contribution in [-0.4, -0.2) is 9.13 Å². The van der Waals surface area contributed by atoms with E-state index in [1.807, 2.05) is 18.2 Å². The normalized spacial score (nSPS) is 11.2. The summed E-state index contributed by atoms with van der Waals surface area (Å²) in [4.78, 5) is 26.0. The lowest BCUT2D eigenvalue weighted by Crippen LogP contribution is -2.38. The second-order valence-electron chi connectivity index (χ2n) is 5.71. The number of benzene rings is 2. The van der Waals surface area contributed by atoms with Gasteiger partial charge in [-0.15, -0.1) is 11.3 Å². The molecule has 0 saturated carbocycles. The van der Waals surface area contributed by atoms with Crippen molar-refractivity contribution in [1.29, 1.82) is 0 Å². The quantitative estimate of drug-likeness (QED) is 0.503. The van der Waals surface area contributed by atoms with E-state index in [9.17, 15) is 9.59 Å². The van der Waals surface area contributed by atoms with Crippen LogP contribution in [0.3, 0.4) is 0 Å². The summed E-state index contributed by atoms with van der Waals surface area (Å²) in [5.41, 5.74) is 1.15. The van der Waals surface area contributed by atoms with Gasteiger partial charge in [-0.3, -0.25) is 9.36 Å². The Balaban J connectivity index is 2.00. The summed E-state index contributed by atoms with van der Waals surface area (Å²) in [6.07, 6.45) is 0. The van der Waals surface area contributed by atoms with Gasteiger partial charge in [0.15, 0.2) is 0 Å². The largest absolute Gasteiger partial charge is 0.336 e. The van der Waals surface area contributed by atoms with Crippen LogP contribution in [0.15, 0.2) is 69.6 Å². The predicted octanol–water partition coefficient (Wildman–Crippen LogP) is 4.57. The number of nitrogens with zero attached hydrogens (tertiary/aromatic N) is 2. The van der Waals surface area contributed by atoms with E-state index in [1.165, 1.54) is 15.9 Å². The molecule has 0 atom stereocenters. The zero-order valence-electron chi connectivity index (χ0n) is 13.4. The van der Waals surface area contributed by atoms with Gasteiger partial charge < -0.3 is 0 Å². The van der Waals surface area contributed by atoms with Crippen molar-refractivity contribution in [3.05, 3.63) is 96.4 Å². The molecular weight excluding hydrogens is 391 g/mol. The van der Waals surface area contributed by atoms with Crippen LogP contribution in [0.4, 0.5) is 0 Å². The maximum Gasteiger partial charge on any atom is 0.336 e. The van der Waals surface area contributed by atoms with Crippen LogP contribution in [0.5, 0.6) is 0 Å². The van der Waals surface area contributed by atoms with Crippen LogP contribution in [0.2, 0.25) is 10.0 Å². The number of fused-ring (bicyclic) bond motifs is 1. The molecule has 0 amide bonds. The first kappa shape index (κ1) is 17.1. The lowest BCUT2D eigenvalue weighted by molar-refractivity contribution is 0.716. The van der Waals surface area contributed by atoms with E-state index in [4.69, 9.17) is 23.2 Å². The molecule has 0 radical (unpaired) electrons. The number of halogens is 2. The summed E-state index contributed by atoms with van der Waals surface area (Å²) in [5.74, 6) is 0. The molecule has 4 nitrogen and oxygen atoms in total. The van der Waals surface area contributed by atoms with Crippen LogP contribution in [0.1, 0.15) is 5.56 Å². The minimum absolute atomic E-state index is 0.277. The zero-order chi connectivity index (χ0) is 18.3. The molecular formula is C19H12Cl2N2O2S. The van der Waals surface area contributed by atoms with Gasteiger partial charge >= 0.3 is 5.69 Å². The summed E-state index contributed by atoms with van der Waals surface area (Å²) in [5, 5.41) is 2.92. The monoisotopic (exact) mass is 402 g/mol. The molecule has 0 aliphatic heterocycles. The van der Waals surface area contributed by atoms with Crippen molar-refractivity contribution in [3.8, 4) is 5.69 Å². The summed E-state index contributed by atoms with van der Waals surface area (Å²) in [6.45, 7) is 0.277. The maximum atomic E-state index is 13.2. The molecule has 4 rings (SSSR count). The van der Waals surface area contributed by atoms with Gasteiger partial charge in [-0.25, -0.2) is 9.36 Å². The summed E-state index contributed by atoms with van der Waals surface area (Å²) in [7, 11) is 0. The summed E-state index contributed by atoms with van der Waals surface area (Å²) < 4.78 is 3.27. The van der Waals surface area contributed by atoms with Gasteiger partial charge in [0.2, 0.25) is 0 Å². The van der Waals surface area contributed by atoms with Gasteiger partial charge in [0.05, 0.1) is 17.7 Å². The number of hydrogen-bond acceptors (Lipinski definition) is 3. The Bertz CT molecular complexity index is 1220. The lowest BCUT2D eigenvalue weighted by atomic mass is 10.2. The minimum Gasteiger partial charge on any atom is -0.288 e. The third-order valence-electron chi connectivity index (χ3n) is 4.13. The van der Waals surface area contributed by atoms with E-state index in [-0.39, 0.29) is 12.1 Å². The van der Waals surface area contributed by atoms with Gasteiger partial charge in [-0.05, 0) is 47.3 Å². The second kappa shape index (κ2) is 6.76. The van der Waals surface area contributed by atoms with Crippen molar-refractivity contribution < 1.29 is 0 Å². The topological polar surface area (TPSA) is 44.0 Å². The number of aromatic nitrogens is 2. The summed E-state index contributed by atoms with van der Waals surface area (Å²) in [6, 6.07) is 15.8. The molecule has 7 heteroatoms. The Morgan fingerprint density at radius 1 is 0.923 bits per heavy atom. The van der Waals surface area contributed by atoms with E-state index < -0.39 is 5.69 Å². The maximum absolute atomic E-state index is 13.2. The molecule has 26 heavy (non-hydrogen) atoms. The van der Waals surface area contributed by atoms with Crippen LogP contribution in [0, 0.1) is 0 Å². The molecule has 0 bridgehead atoms. The Hall–Kier alpha value is -2.34. The number of rotatable bonds is 3. The molecule has 0 saturated heterocycles. The highest BCUT2D eigenvalue weighted by molar-refractivity contribution is 7.17. The first-order valence-electron chi connectivity index (χ1n) is 7.78. The fraction of sp³-hybridized carbons (Fsp3) is 0.0526. The Kier molecular flexibility index (Phi) is 4.44. The standard InChI is InChI=1S/C19H12Cl2N2O2S/c20-13-5-7-14(8-6-13)23-18(24)17-16(9-10-26-17)22(19(23)25)11-12-3-1-2-4-15(12)21/h1-10H,11H2. The second-order valence-corrected chi connectivity index (χ2v) is 7.47. The van der Waals surface area contributed by atoms with Crippen molar-refractivity contribution in [2.75, 3.05) is 0 Å². The van der Waals surface area contributed by atoms with E-state index in [2.05, 4.69) is 0 Å². The van der Waals surface area contributed by atoms with Crippen molar-refractivity contribution in [2.45, 2.75) is 6.54 Å². The van der Waals surface area contributed by atoms with E-state index >= 15 is 0 Å². The van der Waals surface area contributed by atoms with Gasteiger partial charge in [-0.1, -0.05) is 41.4 Å². The molecule has 130 valence electrons. The molecule has 0 fully saturated rings. The Labute approximate surface area is 162 Å². The smallest absolute Gasteiger partial charge is 0.288 e. The molecule has 2 aromatic carbocycles. The molecule has 0 unspecified atom stereocenters. The molecule has 0 aliphatic rings. The van der Waals surface area contributed by atoms with E-state index in [0.29, 0.717) is 25.9 Å². The molecule has 4 aromatic rings. The average molecular weight is 403 g/mol. The van der Waals surface area contributed by atoms with E-state index in [0.717, 1.165) is 5.56 Å². The Morgan fingerprint density at radius 3 is 2.38 bits per heavy atom. The third-order valence-corrected chi connectivity index (χ3v) is 5.64. The van der Waals surface area contributed by atoms with Gasteiger partial charge in [0, 0.05) is 10.0 Å². The van der Waals surface area contributed by atoms with Gasteiger partial charge in [0.1, 0.15) is 4.70 Å². The fourth-order valence-electron chi connectivity index (χ4n) is 2.85. The van der Waals surface area contributed by atoms with Crippen molar-refractivity contribution in [2.24, 2.45) is 0 Å². The average Bonchev–Trinajstić information content (AvgIpc) is 3.12. The molecule has 2 aromatic heterocycles. The van der Waals surface area contributed by atoms with Crippen molar-refractivity contribution in [1.82, 2.24) is 9.13 Å². The van der Waals surface area contributed by atoms with Crippen LogP contribution >= 0.6 is 34.5 Å².